The minimum absolute atomic E-state index is 0.0119. The van der Waals surface area contributed by atoms with Gasteiger partial charge in [0.15, 0.2) is 0 Å². The Morgan fingerprint density at radius 1 is 0.448 bits per heavy atom. The van der Waals surface area contributed by atoms with Gasteiger partial charge in [0.2, 0.25) is 0 Å². The molecule has 0 spiro atoms. The zero-order valence-corrected chi connectivity index (χ0v) is 44.0. The average molecular weight is 978 g/mol. The Morgan fingerprint density at radius 3 is 1.01 bits per heavy atom. The smallest absolute Gasteiger partial charge is 0.501 e. The summed E-state index contributed by atoms with van der Waals surface area (Å²) in [5, 5.41) is 61.3. The maximum atomic E-state index is 11.6. The summed E-state index contributed by atoms with van der Waals surface area (Å²) in [7, 11) is -1.33. The van der Waals surface area contributed by atoms with E-state index in [2.05, 4.69) is 20.9 Å². The van der Waals surface area contributed by atoms with E-state index in [0.717, 1.165) is 37.0 Å². The van der Waals surface area contributed by atoms with Crippen LogP contribution in [0.25, 0.3) is 0 Å². The molecule has 0 aromatic rings. The normalized spacial score (nSPS) is 13.0. The zero-order chi connectivity index (χ0) is 49.7. The molecule has 0 aromatic heterocycles. The van der Waals surface area contributed by atoms with Crippen LogP contribution in [0.15, 0.2) is 0 Å². The SMILES string of the molecule is CCCCCCCCCCCCCCCCCC[N+](C)(CCCCCCCCCC)CCC[Si](OCCN(CCO)CC(=O)[O-])(OCCN(CCO)CC(=O)[O-])OCCN(CCO)CC(=O)O. The maximum absolute atomic E-state index is 11.6. The van der Waals surface area contributed by atoms with E-state index in [9.17, 15) is 45.0 Å². The fourth-order valence-electron chi connectivity index (χ4n) is 8.80. The number of hydrogen-bond acceptors (Lipinski definition) is 14. The third-order valence-corrected chi connectivity index (χ3v) is 15.7. The summed E-state index contributed by atoms with van der Waals surface area (Å²) in [5.74, 6) is -3.63. The van der Waals surface area contributed by atoms with Crippen LogP contribution < -0.4 is 10.2 Å². The molecule has 0 aromatic carbocycles. The summed E-state index contributed by atoms with van der Waals surface area (Å²) in [6.45, 7) is 6.38. The van der Waals surface area contributed by atoms with Gasteiger partial charge in [-0.05, 0) is 25.7 Å². The molecular formula is C50H101N4O12Si-. The molecule has 0 radical (unpaired) electrons. The van der Waals surface area contributed by atoms with Crippen molar-refractivity contribution in [1.82, 2.24) is 14.7 Å². The predicted octanol–water partition coefficient (Wildman–Crippen LogP) is 4.68. The van der Waals surface area contributed by atoms with Crippen LogP contribution in [0.2, 0.25) is 6.04 Å². The van der Waals surface area contributed by atoms with E-state index in [1.165, 1.54) is 151 Å². The van der Waals surface area contributed by atoms with Gasteiger partial charge in [-0.3, -0.25) is 19.5 Å². The summed E-state index contributed by atoms with van der Waals surface area (Å²) in [6.07, 6.45) is 31.8. The lowest BCUT2D eigenvalue weighted by molar-refractivity contribution is -0.910. The summed E-state index contributed by atoms with van der Waals surface area (Å²) in [4.78, 5) is 39.2. The van der Waals surface area contributed by atoms with E-state index in [0.29, 0.717) is 12.5 Å². The van der Waals surface area contributed by atoms with E-state index in [-0.39, 0.29) is 85.5 Å². The van der Waals surface area contributed by atoms with Gasteiger partial charge in [-0.1, -0.05) is 142 Å². The van der Waals surface area contributed by atoms with Gasteiger partial charge in [0, 0.05) is 64.8 Å². The van der Waals surface area contributed by atoms with Crippen LogP contribution in [-0.4, -0.2) is 192 Å². The molecule has 0 heterocycles. The lowest BCUT2D eigenvalue weighted by Crippen LogP contribution is -2.52. The van der Waals surface area contributed by atoms with Crippen LogP contribution in [0.3, 0.4) is 0 Å². The van der Waals surface area contributed by atoms with Crippen molar-refractivity contribution in [1.29, 1.82) is 0 Å². The molecule has 0 aliphatic heterocycles. The van der Waals surface area contributed by atoms with Crippen molar-refractivity contribution in [2.24, 2.45) is 0 Å². The third-order valence-electron chi connectivity index (χ3n) is 12.8. The van der Waals surface area contributed by atoms with Gasteiger partial charge < -0.3 is 58.0 Å². The van der Waals surface area contributed by atoms with Gasteiger partial charge in [0.05, 0.1) is 84.8 Å². The minimum atomic E-state index is -3.67. The number of hydrogen-bond donors (Lipinski definition) is 4. The van der Waals surface area contributed by atoms with Crippen LogP contribution in [0.1, 0.15) is 174 Å². The Bertz CT molecular complexity index is 1090. The Hall–Kier alpha value is -1.77. The van der Waals surface area contributed by atoms with Crippen molar-refractivity contribution in [3.8, 4) is 0 Å². The first-order chi connectivity index (χ1) is 32.4. The van der Waals surface area contributed by atoms with Gasteiger partial charge in [0.1, 0.15) is 0 Å². The van der Waals surface area contributed by atoms with Gasteiger partial charge in [-0.2, -0.15) is 0 Å². The number of quaternary nitrogens is 1. The number of nitrogens with zero attached hydrogens (tertiary/aromatic N) is 4. The monoisotopic (exact) mass is 978 g/mol. The molecule has 0 amide bonds. The van der Waals surface area contributed by atoms with Gasteiger partial charge in [-0.25, -0.2) is 0 Å². The molecule has 0 rings (SSSR count). The van der Waals surface area contributed by atoms with Crippen LogP contribution in [-0.2, 0) is 27.7 Å². The highest BCUT2D eigenvalue weighted by Gasteiger charge is 2.42. The first-order valence-electron chi connectivity index (χ1n) is 26.7. The molecule has 0 saturated heterocycles. The number of aliphatic carboxylic acids is 3. The number of unbranched alkanes of at least 4 members (excludes halogenated alkanes) is 22. The van der Waals surface area contributed by atoms with Crippen molar-refractivity contribution in [3.63, 3.8) is 0 Å². The average Bonchev–Trinajstić information content (AvgIpc) is 3.26. The van der Waals surface area contributed by atoms with E-state index >= 15 is 0 Å². The zero-order valence-electron chi connectivity index (χ0n) is 43.0. The van der Waals surface area contributed by atoms with Crippen molar-refractivity contribution in [2.75, 3.05) is 125 Å². The molecule has 1 unspecified atom stereocenters. The summed E-state index contributed by atoms with van der Waals surface area (Å²) in [6, 6.07) is 0.400. The van der Waals surface area contributed by atoms with Crippen LogP contribution in [0, 0.1) is 0 Å². The topological polar surface area (TPSA) is 216 Å². The minimum Gasteiger partial charge on any atom is -0.549 e. The van der Waals surface area contributed by atoms with Crippen molar-refractivity contribution in [2.45, 2.75) is 180 Å². The van der Waals surface area contributed by atoms with E-state index in [1.807, 2.05) is 0 Å². The Morgan fingerprint density at radius 2 is 0.731 bits per heavy atom. The number of rotatable bonds is 54. The maximum Gasteiger partial charge on any atom is 0.501 e. The van der Waals surface area contributed by atoms with Crippen molar-refractivity contribution < 1.29 is 62.8 Å². The highest BCUT2D eigenvalue weighted by atomic mass is 28.4. The number of carbonyl (C=O) groups is 3. The predicted molar refractivity (Wildman–Crippen MR) is 264 cm³/mol. The summed E-state index contributed by atoms with van der Waals surface area (Å²) >= 11 is 0. The van der Waals surface area contributed by atoms with Crippen LogP contribution in [0.5, 0.6) is 0 Å². The number of carboxylic acid groups (broad SMARTS) is 3. The molecule has 16 nitrogen and oxygen atoms in total. The second kappa shape index (κ2) is 45.4. The second-order valence-electron chi connectivity index (χ2n) is 19.0. The quantitative estimate of drug-likeness (QED) is 0.0370. The molecule has 4 N–H and O–H groups in total. The molecule has 0 bridgehead atoms. The number of aliphatic hydroxyl groups excluding tert-OH is 3. The molecule has 0 aliphatic carbocycles. The molecule has 398 valence electrons. The highest BCUT2D eigenvalue weighted by molar-refractivity contribution is 6.60. The van der Waals surface area contributed by atoms with E-state index in [1.54, 1.807) is 4.90 Å². The van der Waals surface area contributed by atoms with Crippen molar-refractivity contribution >= 4 is 26.7 Å². The molecule has 17 heteroatoms. The number of carboxylic acids is 3. The third kappa shape index (κ3) is 40.6. The molecule has 0 fully saturated rings. The first kappa shape index (κ1) is 65.2. The van der Waals surface area contributed by atoms with E-state index in [4.69, 9.17) is 13.3 Å². The first-order valence-corrected chi connectivity index (χ1v) is 28.7. The van der Waals surface area contributed by atoms with Crippen LogP contribution >= 0.6 is 0 Å². The fraction of sp³-hybridized carbons (Fsp3) is 0.940. The van der Waals surface area contributed by atoms with Gasteiger partial charge in [0.25, 0.3) is 0 Å². The molecule has 0 aliphatic rings. The number of carbonyl (C=O) groups excluding carboxylic acids is 2. The van der Waals surface area contributed by atoms with Crippen LogP contribution in [0.4, 0.5) is 0 Å². The molecule has 67 heavy (non-hydrogen) atoms. The standard InChI is InChI=1S/C50H102N4O12Si/c1-4-6-8-10-12-14-15-16-17-18-19-20-21-23-25-27-36-54(3,35-26-24-22-13-11-9-7-5-2)37-28-44-67(64-41-32-51(29-38-55)45-48(58)59,65-42-33-52(30-39-56)46-49(60)61)66-43-34-53(31-40-57)47-50(62)63/h55-57H,4-47H2,1-3H3,(H2-,58,59,60,61,62,63)/p-1. The molecule has 0 saturated carbocycles. The second-order valence-corrected chi connectivity index (χ2v) is 21.8. The molecular weight excluding hydrogens is 877 g/mol. The summed E-state index contributed by atoms with van der Waals surface area (Å²) < 4.78 is 20.6. The highest BCUT2D eigenvalue weighted by Crippen LogP contribution is 2.23. The van der Waals surface area contributed by atoms with Crippen molar-refractivity contribution in [3.05, 3.63) is 0 Å². The Kier molecular flexibility index (Phi) is 44.2. The largest absolute Gasteiger partial charge is 0.549 e. The van der Waals surface area contributed by atoms with Gasteiger partial charge >= 0.3 is 14.8 Å². The Labute approximate surface area is 408 Å². The van der Waals surface area contributed by atoms with E-state index < -0.39 is 39.8 Å². The Balaban J connectivity index is 5.99. The van der Waals surface area contributed by atoms with Gasteiger partial charge in [-0.15, -0.1) is 0 Å². The lowest BCUT2D eigenvalue weighted by Gasteiger charge is -2.37. The summed E-state index contributed by atoms with van der Waals surface area (Å²) in [5.41, 5.74) is 0. The fourth-order valence-corrected chi connectivity index (χ4v) is 11.3. The lowest BCUT2D eigenvalue weighted by atomic mass is 10.0. The molecule has 1 atom stereocenters. The number of aliphatic hydroxyl groups is 3.